The molecule has 7 heteroatoms. The lowest BCUT2D eigenvalue weighted by molar-refractivity contribution is 0.579. The minimum atomic E-state index is -3.61. The zero-order valence-corrected chi connectivity index (χ0v) is 10.6. The molecule has 3 N–H and O–H groups in total. The Bertz CT molecular complexity index is 529. The average molecular weight is 309 g/mol. The second-order valence-corrected chi connectivity index (χ2v) is 6.24. The zero-order chi connectivity index (χ0) is 11.9. The van der Waals surface area contributed by atoms with Gasteiger partial charge in [0.15, 0.2) is 0 Å². The lowest BCUT2D eigenvalue weighted by Gasteiger charge is -2.08. The van der Waals surface area contributed by atoms with Crippen molar-refractivity contribution in [3.05, 3.63) is 22.4 Å². The van der Waals surface area contributed by atoms with Crippen LogP contribution in [0.4, 0.5) is 10.1 Å². The van der Waals surface area contributed by atoms with Crippen molar-refractivity contribution in [2.24, 2.45) is 0 Å². The van der Waals surface area contributed by atoms with Crippen molar-refractivity contribution in [3.8, 4) is 0 Å². The van der Waals surface area contributed by atoms with Crippen molar-refractivity contribution >= 4 is 31.6 Å². The largest absolute Gasteiger partial charge is 0.396 e. The summed E-state index contributed by atoms with van der Waals surface area (Å²) in [6, 6.07) is 2.17. The van der Waals surface area contributed by atoms with Gasteiger partial charge in [-0.2, -0.15) is 0 Å². The Hall–Kier alpha value is -0.660. The summed E-state index contributed by atoms with van der Waals surface area (Å²) < 4.78 is 39.4. The van der Waals surface area contributed by atoms with Crippen LogP contribution in [-0.2, 0) is 10.0 Å². The predicted molar refractivity (Wildman–Crippen MR) is 61.9 cm³/mol. The van der Waals surface area contributed by atoms with E-state index in [2.05, 4.69) is 20.7 Å². The number of nitrogens with two attached hydrogens (primary N) is 1. The van der Waals surface area contributed by atoms with Crippen LogP contribution < -0.4 is 10.5 Å². The Kier molecular flexibility index (Phi) is 2.93. The lowest BCUT2D eigenvalue weighted by atomic mass is 10.3. The van der Waals surface area contributed by atoms with Gasteiger partial charge in [0.2, 0.25) is 10.0 Å². The topological polar surface area (TPSA) is 72.2 Å². The highest BCUT2D eigenvalue weighted by atomic mass is 79.9. The van der Waals surface area contributed by atoms with Gasteiger partial charge < -0.3 is 5.73 Å². The van der Waals surface area contributed by atoms with Gasteiger partial charge in [-0.25, -0.2) is 17.5 Å². The van der Waals surface area contributed by atoms with Crippen LogP contribution >= 0.6 is 15.9 Å². The first-order valence-corrected chi connectivity index (χ1v) is 6.94. The second-order valence-electron chi connectivity index (χ2n) is 3.70. The number of sulfonamides is 1. The van der Waals surface area contributed by atoms with Gasteiger partial charge in [-0.3, -0.25) is 0 Å². The number of hydrogen-bond acceptors (Lipinski definition) is 3. The van der Waals surface area contributed by atoms with Crippen molar-refractivity contribution in [1.82, 2.24) is 4.72 Å². The van der Waals surface area contributed by atoms with Crippen LogP contribution in [0.25, 0.3) is 0 Å². The Morgan fingerprint density at radius 3 is 2.62 bits per heavy atom. The summed E-state index contributed by atoms with van der Waals surface area (Å²) in [4.78, 5) is -0.0294. The molecule has 1 aliphatic rings. The van der Waals surface area contributed by atoms with E-state index >= 15 is 0 Å². The molecule has 1 fully saturated rings. The molecule has 0 bridgehead atoms. The molecule has 16 heavy (non-hydrogen) atoms. The first-order valence-electron chi connectivity index (χ1n) is 4.67. The summed E-state index contributed by atoms with van der Waals surface area (Å²) in [6.45, 7) is 0. The molecule has 0 spiro atoms. The van der Waals surface area contributed by atoms with E-state index in [-0.39, 0.29) is 21.1 Å². The summed E-state index contributed by atoms with van der Waals surface area (Å²) in [6.07, 6.45) is 1.68. The fraction of sp³-hybridized carbons (Fsp3) is 0.333. The first kappa shape index (κ1) is 11.8. The Labute approximate surface area is 101 Å². The maximum Gasteiger partial charge on any atom is 0.242 e. The van der Waals surface area contributed by atoms with Crippen molar-refractivity contribution in [1.29, 1.82) is 0 Å². The molecule has 1 saturated carbocycles. The third kappa shape index (κ3) is 2.36. The van der Waals surface area contributed by atoms with Gasteiger partial charge in [-0.15, -0.1) is 0 Å². The van der Waals surface area contributed by atoms with Crippen LogP contribution in [0.1, 0.15) is 12.8 Å². The van der Waals surface area contributed by atoms with E-state index in [9.17, 15) is 12.8 Å². The molecule has 2 rings (SSSR count). The number of anilines is 1. The van der Waals surface area contributed by atoms with Crippen molar-refractivity contribution < 1.29 is 12.8 Å². The normalized spacial score (nSPS) is 16.4. The Balaban J connectivity index is 2.42. The lowest BCUT2D eigenvalue weighted by Crippen LogP contribution is -2.26. The van der Waals surface area contributed by atoms with Crippen LogP contribution in [0.15, 0.2) is 21.5 Å². The number of benzene rings is 1. The number of rotatable bonds is 3. The molecule has 0 amide bonds. The summed E-state index contributed by atoms with van der Waals surface area (Å²) in [5.74, 6) is -0.641. The molecule has 0 aliphatic heterocycles. The maximum absolute atomic E-state index is 13.1. The van der Waals surface area contributed by atoms with Crippen molar-refractivity contribution in [3.63, 3.8) is 0 Å². The van der Waals surface area contributed by atoms with Gasteiger partial charge in [0.25, 0.3) is 0 Å². The summed E-state index contributed by atoms with van der Waals surface area (Å²) in [5, 5.41) is 0. The van der Waals surface area contributed by atoms with Gasteiger partial charge >= 0.3 is 0 Å². The molecule has 0 radical (unpaired) electrons. The molecule has 0 unspecified atom stereocenters. The molecular formula is C9H10BrFN2O2S. The van der Waals surface area contributed by atoms with E-state index in [0.29, 0.717) is 0 Å². The minimum absolute atomic E-state index is 0.00294. The molecule has 0 heterocycles. The molecule has 88 valence electrons. The third-order valence-corrected chi connectivity index (χ3v) is 4.72. The highest BCUT2D eigenvalue weighted by molar-refractivity contribution is 9.10. The van der Waals surface area contributed by atoms with Crippen LogP contribution in [0.5, 0.6) is 0 Å². The van der Waals surface area contributed by atoms with E-state index in [4.69, 9.17) is 5.73 Å². The van der Waals surface area contributed by atoms with Gasteiger partial charge in [0.1, 0.15) is 5.82 Å². The highest BCUT2D eigenvalue weighted by Crippen LogP contribution is 2.29. The third-order valence-electron chi connectivity index (χ3n) is 2.24. The van der Waals surface area contributed by atoms with Crippen molar-refractivity contribution in [2.45, 2.75) is 23.8 Å². The minimum Gasteiger partial charge on any atom is -0.396 e. The smallest absolute Gasteiger partial charge is 0.242 e. The van der Waals surface area contributed by atoms with E-state index in [0.717, 1.165) is 25.0 Å². The van der Waals surface area contributed by atoms with Gasteiger partial charge in [-0.1, -0.05) is 0 Å². The Morgan fingerprint density at radius 2 is 2.06 bits per heavy atom. The molecule has 4 nitrogen and oxygen atoms in total. The molecule has 1 aromatic carbocycles. The van der Waals surface area contributed by atoms with Crippen LogP contribution in [0.3, 0.4) is 0 Å². The molecule has 0 saturated heterocycles. The number of halogens is 2. The summed E-state index contributed by atoms with van der Waals surface area (Å²) >= 11 is 3.01. The van der Waals surface area contributed by atoms with Gasteiger partial charge in [0, 0.05) is 10.5 Å². The average Bonchev–Trinajstić information content (AvgIpc) is 2.94. The number of nitrogen functional groups attached to an aromatic ring is 1. The molecule has 1 aromatic rings. The second kappa shape index (κ2) is 3.97. The van der Waals surface area contributed by atoms with E-state index in [1.807, 2.05) is 0 Å². The highest BCUT2D eigenvalue weighted by Gasteiger charge is 2.29. The fourth-order valence-electron chi connectivity index (χ4n) is 1.23. The quantitative estimate of drug-likeness (QED) is 0.833. The van der Waals surface area contributed by atoms with Crippen LogP contribution in [0, 0.1) is 5.82 Å². The summed E-state index contributed by atoms with van der Waals surface area (Å²) in [5.41, 5.74) is 5.16. The van der Waals surface area contributed by atoms with Gasteiger partial charge in [0.05, 0.1) is 10.6 Å². The fourth-order valence-corrected chi connectivity index (χ4v) is 3.59. The molecule has 1 aliphatic carbocycles. The van der Waals surface area contributed by atoms with Crippen LogP contribution in [0.2, 0.25) is 0 Å². The number of hydrogen-bond donors (Lipinski definition) is 2. The first-order chi connectivity index (χ1) is 7.40. The maximum atomic E-state index is 13.1. The standard InChI is InChI=1S/C9H10BrFN2O2S/c10-6-3-7(11)8(12)4-9(6)16(14,15)13-5-1-2-5/h3-5,13H,1-2,12H2. The monoisotopic (exact) mass is 308 g/mol. The molecule has 0 atom stereocenters. The zero-order valence-electron chi connectivity index (χ0n) is 8.20. The molecule has 0 aromatic heterocycles. The SMILES string of the molecule is Nc1cc(S(=O)(=O)NC2CC2)c(Br)cc1F. The summed E-state index contributed by atoms with van der Waals surface area (Å²) in [7, 11) is -3.61. The van der Waals surface area contributed by atoms with E-state index in [1.54, 1.807) is 0 Å². The van der Waals surface area contributed by atoms with E-state index < -0.39 is 15.8 Å². The van der Waals surface area contributed by atoms with E-state index in [1.165, 1.54) is 0 Å². The number of nitrogens with one attached hydrogen (secondary N) is 1. The van der Waals surface area contributed by atoms with Gasteiger partial charge in [-0.05, 0) is 40.9 Å². The van der Waals surface area contributed by atoms with Crippen LogP contribution in [-0.4, -0.2) is 14.5 Å². The van der Waals surface area contributed by atoms with Crippen molar-refractivity contribution in [2.75, 3.05) is 5.73 Å². The molecular weight excluding hydrogens is 299 g/mol. The predicted octanol–water partition coefficient (Wildman–Crippen LogP) is 1.61. The Morgan fingerprint density at radius 1 is 1.44 bits per heavy atom.